The largest absolute Gasteiger partial charge is 0.329 e. The summed E-state index contributed by atoms with van der Waals surface area (Å²) in [6.45, 7) is 3.65. The highest BCUT2D eigenvalue weighted by Crippen LogP contribution is 1.99. The van der Waals surface area contributed by atoms with Crippen molar-refractivity contribution in [3.8, 4) is 0 Å². The van der Waals surface area contributed by atoms with Crippen molar-refractivity contribution in [1.29, 1.82) is 0 Å². The van der Waals surface area contributed by atoms with Crippen LogP contribution in [-0.4, -0.2) is 25.1 Å². The standard InChI is InChI=1S/C6H14F2N2/c1-6(2,4-9)10-3-5(7)8/h5,10H,3-4,9H2,1-2H3. The van der Waals surface area contributed by atoms with Crippen molar-refractivity contribution in [2.75, 3.05) is 13.1 Å². The van der Waals surface area contributed by atoms with Gasteiger partial charge in [0.1, 0.15) is 0 Å². The number of hydrogen-bond acceptors (Lipinski definition) is 2. The minimum Gasteiger partial charge on any atom is -0.329 e. The molecule has 0 heterocycles. The molecule has 0 aliphatic carbocycles. The molecule has 0 amide bonds. The van der Waals surface area contributed by atoms with Crippen molar-refractivity contribution in [2.45, 2.75) is 25.8 Å². The van der Waals surface area contributed by atoms with Crippen LogP contribution in [0.2, 0.25) is 0 Å². The molecule has 0 saturated heterocycles. The van der Waals surface area contributed by atoms with E-state index in [1.807, 2.05) is 0 Å². The average molecular weight is 152 g/mol. The molecule has 0 aliphatic heterocycles. The van der Waals surface area contributed by atoms with E-state index in [0.717, 1.165) is 0 Å². The Labute approximate surface area is 59.8 Å². The molecule has 0 aromatic heterocycles. The lowest BCUT2D eigenvalue weighted by Crippen LogP contribution is -2.47. The molecular weight excluding hydrogens is 138 g/mol. The lowest BCUT2D eigenvalue weighted by Gasteiger charge is -2.23. The van der Waals surface area contributed by atoms with Crippen molar-refractivity contribution < 1.29 is 8.78 Å². The Bertz CT molecular complexity index is 93.7. The maximum atomic E-state index is 11.6. The van der Waals surface area contributed by atoms with E-state index in [2.05, 4.69) is 5.32 Å². The van der Waals surface area contributed by atoms with E-state index in [4.69, 9.17) is 5.73 Å². The van der Waals surface area contributed by atoms with Crippen LogP contribution in [0.25, 0.3) is 0 Å². The maximum absolute atomic E-state index is 11.6. The van der Waals surface area contributed by atoms with Gasteiger partial charge in [0.05, 0.1) is 6.54 Å². The first-order chi connectivity index (χ1) is 4.48. The summed E-state index contributed by atoms with van der Waals surface area (Å²) in [5, 5.41) is 2.63. The lowest BCUT2D eigenvalue weighted by molar-refractivity contribution is 0.134. The summed E-state index contributed by atoms with van der Waals surface area (Å²) in [4.78, 5) is 0. The molecule has 4 heteroatoms. The molecule has 0 atom stereocenters. The van der Waals surface area contributed by atoms with Crippen LogP contribution >= 0.6 is 0 Å². The molecule has 10 heavy (non-hydrogen) atoms. The van der Waals surface area contributed by atoms with Crippen molar-refractivity contribution >= 4 is 0 Å². The van der Waals surface area contributed by atoms with Crippen molar-refractivity contribution in [3.63, 3.8) is 0 Å². The number of alkyl halides is 2. The molecular formula is C6H14F2N2. The van der Waals surface area contributed by atoms with Gasteiger partial charge in [-0.15, -0.1) is 0 Å². The first-order valence-electron chi connectivity index (χ1n) is 3.21. The van der Waals surface area contributed by atoms with Gasteiger partial charge in [-0.25, -0.2) is 8.78 Å². The summed E-state index contributed by atoms with van der Waals surface area (Å²) in [5.74, 6) is 0. The summed E-state index contributed by atoms with van der Waals surface area (Å²) >= 11 is 0. The number of nitrogens with two attached hydrogens (primary N) is 1. The zero-order valence-corrected chi connectivity index (χ0v) is 6.32. The highest BCUT2D eigenvalue weighted by atomic mass is 19.3. The summed E-state index contributed by atoms with van der Waals surface area (Å²) in [7, 11) is 0. The van der Waals surface area contributed by atoms with Gasteiger partial charge in [-0.05, 0) is 13.8 Å². The van der Waals surface area contributed by atoms with Crippen LogP contribution in [0, 0.1) is 0 Å². The fourth-order valence-electron chi connectivity index (χ4n) is 0.426. The van der Waals surface area contributed by atoms with Crippen LogP contribution in [0.1, 0.15) is 13.8 Å². The molecule has 3 N–H and O–H groups in total. The Morgan fingerprint density at radius 3 is 2.30 bits per heavy atom. The van der Waals surface area contributed by atoms with Gasteiger partial charge in [-0.2, -0.15) is 0 Å². The highest BCUT2D eigenvalue weighted by Gasteiger charge is 2.15. The van der Waals surface area contributed by atoms with E-state index < -0.39 is 6.43 Å². The number of halogens is 2. The zero-order valence-electron chi connectivity index (χ0n) is 6.32. The molecule has 0 fully saturated rings. The summed E-state index contributed by atoms with van der Waals surface area (Å²) < 4.78 is 23.2. The van der Waals surface area contributed by atoms with E-state index in [1.165, 1.54) is 0 Å². The molecule has 0 aliphatic rings. The Morgan fingerprint density at radius 1 is 1.50 bits per heavy atom. The summed E-state index contributed by atoms with van der Waals surface area (Å²) in [5.41, 5.74) is 4.91. The van der Waals surface area contributed by atoms with Crippen molar-refractivity contribution in [3.05, 3.63) is 0 Å². The molecule has 0 radical (unpaired) electrons. The van der Waals surface area contributed by atoms with Crippen molar-refractivity contribution in [2.24, 2.45) is 5.73 Å². The van der Waals surface area contributed by atoms with Crippen LogP contribution < -0.4 is 11.1 Å². The summed E-state index contributed by atoms with van der Waals surface area (Å²) in [6, 6.07) is 0. The molecule has 0 bridgehead atoms. The third-order valence-corrected chi connectivity index (χ3v) is 1.25. The Morgan fingerprint density at radius 2 is 2.00 bits per heavy atom. The monoisotopic (exact) mass is 152 g/mol. The van der Waals surface area contributed by atoms with Gasteiger partial charge in [0, 0.05) is 12.1 Å². The molecule has 0 spiro atoms. The molecule has 0 rings (SSSR count). The van der Waals surface area contributed by atoms with E-state index in [1.54, 1.807) is 13.8 Å². The Balaban J connectivity index is 3.46. The third kappa shape index (κ3) is 4.64. The van der Waals surface area contributed by atoms with Gasteiger partial charge in [0.2, 0.25) is 0 Å². The minimum absolute atomic E-state index is 0.288. The second-order valence-corrected chi connectivity index (χ2v) is 2.86. The SMILES string of the molecule is CC(C)(CN)NCC(F)F. The van der Waals surface area contributed by atoms with Crippen LogP contribution in [0.5, 0.6) is 0 Å². The van der Waals surface area contributed by atoms with Crippen LogP contribution in [-0.2, 0) is 0 Å². The molecule has 0 aromatic rings. The first kappa shape index (κ1) is 9.78. The molecule has 2 nitrogen and oxygen atoms in total. The van der Waals surface area contributed by atoms with Gasteiger partial charge in [-0.3, -0.25) is 0 Å². The minimum atomic E-state index is -2.30. The van der Waals surface area contributed by atoms with Crippen LogP contribution in [0.15, 0.2) is 0 Å². The topological polar surface area (TPSA) is 38.0 Å². The van der Waals surface area contributed by atoms with E-state index in [0.29, 0.717) is 6.54 Å². The van der Waals surface area contributed by atoms with E-state index in [9.17, 15) is 8.78 Å². The van der Waals surface area contributed by atoms with E-state index >= 15 is 0 Å². The van der Waals surface area contributed by atoms with Gasteiger partial charge in [-0.1, -0.05) is 0 Å². The Hall–Kier alpha value is -0.220. The predicted molar refractivity (Wildman–Crippen MR) is 37.1 cm³/mol. The molecule has 62 valence electrons. The van der Waals surface area contributed by atoms with E-state index in [-0.39, 0.29) is 12.1 Å². The summed E-state index contributed by atoms with van der Waals surface area (Å²) in [6.07, 6.45) is -2.30. The van der Waals surface area contributed by atoms with Gasteiger partial charge in [0.25, 0.3) is 6.43 Å². The van der Waals surface area contributed by atoms with Crippen LogP contribution in [0.3, 0.4) is 0 Å². The quantitative estimate of drug-likeness (QED) is 0.618. The molecule has 0 saturated carbocycles. The average Bonchev–Trinajstić information content (AvgIpc) is 1.85. The Kier molecular flexibility index (Phi) is 3.75. The molecule has 0 unspecified atom stereocenters. The second-order valence-electron chi connectivity index (χ2n) is 2.86. The first-order valence-corrected chi connectivity index (χ1v) is 3.21. The second kappa shape index (κ2) is 3.83. The number of rotatable bonds is 4. The maximum Gasteiger partial charge on any atom is 0.250 e. The zero-order chi connectivity index (χ0) is 8.20. The van der Waals surface area contributed by atoms with Gasteiger partial charge in [0.15, 0.2) is 0 Å². The normalized spacial score (nSPS) is 12.6. The smallest absolute Gasteiger partial charge is 0.250 e. The lowest BCUT2D eigenvalue weighted by atomic mass is 10.1. The fraction of sp³-hybridized carbons (Fsp3) is 1.00. The number of nitrogens with one attached hydrogen (secondary N) is 1. The van der Waals surface area contributed by atoms with Gasteiger partial charge >= 0.3 is 0 Å². The van der Waals surface area contributed by atoms with Crippen LogP contribution in [0.4, 0.5) is 8.78 Å². The predicted octanol–water partition coefficient (Wildman–Crippen LogP) is 0.578. The third-order valence-electron chi connectivity index (χ3n) is 1.25. The van der Waals surface area contributed by atoms with Gasteiger partial charge < -0.3 is 11.1 Å². The number of hydrogen-bond donors (Lipinski definition) is 2. The van der Waals surface area contributed by atoms with Crippen molar-refractivity contribution in [1.82, 2.24) is 5.32 Å². The molecule has 0 aromatic carbocycles. The fourth-order valence-corrected chi connectivity index (χ4v) is 0.426. The highest BCUT2D eigenvalue weighted by molar-refractivity contribution is 4.77.